The molecule has 0 radical (unpaired) electrons. The molecule has 154 valence electrons. The van der Waals surface area contributed by atoms with Gasteiger partial charge in [-0.05, 0) is 26.2 Å². The van der Waals surface area contributed by atoms with Crippen molar-refractivity contribution in [3.63, 3.8) is 0 Å². The summed E-state index contributed by atoms with van der Waals surface area (Å²) in [6, 6.07) is 0. The van der Waals surface area contributed by atoms with Gasteiger partial charge in [0.1, 0.15) is 11.4 Å². The smallest absolute Gasteiger partial charge is 0.343 e. The number of nitrogens with zero attached hydrogens (tertiary/aromatic N) is 5. The molecule has 2 aliphatic rings. The maximum atomic E-state index is 12.5. The summed E-state index contributed by atoms with van der Waals surface area (Å²) >= 11 is 0. The molecule has 0 unspecified atom stereocenters. The van der Waals surface area contributed by atoms with Crippen LogP contribution in [0.4, 0.5) is 17.5 Å². The molecule has 0 aromatic carbocycles. The highest BCUT2D eigenvalue weighted by Crippen LogP contribution is 2.39. The Labute approximate surface area is 168 Å². The molecule has 4 heterocycles. The van der Waals surface area contributed by atoms with Crippen molar-refractivity contribution in [2.75, 3.05) is 36.5 Å². The first-order valence-corrected chi connectivity index (χ1v) is 9.84. The van der Waals surface area contributed by atoms with Crippen molar-refractivity contribution in [1.82, 2.24) is 25.1 Å². The van der Waals surface area contributed by atoms with Gasteiger partial charge in [-0.15, -0.1) is 0 Å². The average molecular weight is 399 g/mol. The number of amides is 1. The van der Waals surface area contributed by atoms with Gasteiger partial charge in [-0.25, -0.2) is 9.78 Å². The Morgan fingerprint density at radius 3 is 2.72 bits per heavy atom. The molecule has 2 aromatic heterocycles. The molecule has 0 aliphatic carbocycles. The molecule has 2 N–H and O–H groups in total. The monoisotopic (exact) mass is 399 g/mol. The second-order valence-corrected chi connectivity index (χ2v) is 7.45. The summed E-state index contributed by atoms with van der Waals surface area (Å²) in [5.74, 6) is 0.594. The van der Waals surface area contributed by atoms with Crippen molar-refractivity contribution in [1.29, 1.82) is 0 Å². The fourth-order valence-corrected chi connectivity index (χ4v) is 3.98. The summed E-state index contributed by atoms with van der Waals surface area (Å²) in [5.41, 5.74) is 0.794. The summed E-state index contributed by atoms with van der Waals surface area (Å²) in [7, 11) is 1.82. The topological polar surface area (TPSA) is 114 Å². The summed E-state index contributed by atoms with van der Waals surface area (Å²) in [6.45, 7) is 4.06. The van der Waals surface area contributed by atoms with Gasteiger partial charge in [0.05, 0.1) is 23.9 Å². The first kappa shape index (κ1) is 19.2. The molecule has 0 atom stereocenters. The van der Waals surface area contributed by atoms with Crippen LogP contribution in [0.25, 0.3) is 0 Å². The molecule has 2 aliphatic heterocycles. The molecule has 0 bridgehead atoms. The second kappa shape index (κ2) is 7.69. The van der Waals surface area contributed by atoms with Crippen LogP contribution in [0, 0.1) is 5.41 Å². The molecule has 10 heteroatoms. The van der Waals surface area contributed by atoms with Gasteiger partial charge in [0, 0.05) is 39.1 Å². The van der Waals surface area contributed by atoms with Crippen molar-refractivity contribution in [3.05, 3.63) is 24.2 Å². The predicted octanol–water partition coefficient (Wildman–Crippen LogP) is 1.24. The Kier molecular flexibility index (Phi) is 5.08. The molecule has 29 heavy (non-hydrogen) atoms. The van der Waals surface area contributed by atoms with Crippen molar-refractivity contribution >= 4 is 29.3 Å². The largest absolute Gasteiger partial charge is 0.462 e. The Balaban J connectivity index is 1.59. The first-order chi connectivity index (χ1) is 14.0. The number of rotatable bonds is 5. The predicted molar refractivity (Wildman–Crippen MR) is 106 cm³/mol. The van der Waals surface area contributed by atoms with Gasteiger partial charge in [-0.3, -0.25) is 9.48 Å². The van der Waals surface area contributed by atoms with Crippen molar-refractivity contribution < 1.29 is 14.3 Å². The maximum absolute atomic E-state index is 12.5. The number of carbonyl (C=O) groups excluding carboxylic acids is 2. The molecule has 4 rings (SSSR count). The fraction of sp³-hybridized carbons (Fsp3) is 0.526. The van der Waals surface area contributed by atoms with E-state index >= 15 is 0 Å². The Bertz CT molecular complexity index is 918. The number of piperidine rings is 1. The number of aromatic nitrogens is 4. The van der Waals surface area contributed by atoms with Gasteiger partial charge in [-0.1, -0.05) is 0 Å². The Hall–Kier alpha value is -3.17. The summed E-state index contributed by atoms with van der Waals surface area (Å²) in [6.07, 6.45) is 7.30. The van der Waals surface area contributed by atoms with Crippen LogP contribution >= 0.6 is 0 Å². The van der Waals surface area contributed by atoms with Crippen molar-refractivity contribution in [2.24, 2.45) is 12.5 Å². The van der Waals surface area contributed by atoms with Crippen LogP contribution in [0.3, 0.4) is 0 Å². The van der Waals surface area contributed by atoms with Gasteiger partial charge in [0.2, 0.25) is 11.9 Å². The van der Waals surface area contributed by atoms with E-state index in [0.717, 1.165) is 31.5 Å². The zero-order valence-electron chi connectivity index (χ0n) is 16.6. The number of anilines is 3. The number of esters is 1. The van der Waals surface area contributed by atoms with E-state index in [4.69, 9.17) is 4.74 Å². The molecule has 2 fully saturated rings. The van der Waals surface area contributed by atoms with Gasteiger partial charge in [0.15, 0.2) is 0 Å². The third kappa shape index (κ3) is 3.74. The van der Waals surface area contributed by atoms with Crippen LogP contribution in [0.2, 0.25) is 0 Å². The van der Waals surface area contributed by atoms with E-state index in [1.54, 1.807) is 17.8 Å². The minimum absolute atomic E-state index is 0.143. The minimum atomic E-state index is -0.450. The lowest BCUT2D eigenvalue weighted by atomic mass is 9.77. The molecular weight excluding hydrogens is 374 g/mol. The third-order valence-electron chi connectivity index (χ3n) is 5.62. The summed E-state index contributed by atoms with van der Waals surface area (Å²) in [4.78, 5) is 35.6. The van der Waals surface area contributed by atoms with Gasteiger partial charge in [0.25, 0.3) is 0 Å². The highest BCUT2D eigenvalue weighted by Gasteiger charge is 2.44. The van der Waals surface area contributed by atoms with Crippen molar-refractivity contribution in [3.8, 4) is 0 Å². The molecular formula is C19H25N7O3. The van der Waals surface area contributed by atoms with E-state index in [2.05, 4.69) is 25.7 Å². The van der Waals surface area contributed by atoms with E-state index in [9.17, 15) is 9.59 Å². The number of nitrogens with one attached hydrogen (secondary N) is 2. The molecule has 1 spiro atoms. The first-order valence-electron chi connectivity index (χ1n) is 9.84. The number of ether oxygens (including phenoxy) is 1. The molecule has 10 nitrogen and oxygen atoms in total. The van der Waals surface area contributed by atoms with Gasteiger partial charge < -0.3 is 20.3 Å². The van der Waals surface area contributed by atoms with Crippen LogP contribution in [0.15, 0.2) is 18.6 Å². The highest BCUT2D eigenvalue weighted by molar-refractivity contribution is 5.95. The summed E-state index contributed by atoms with van der Waals surface area (Å²) < 4.78 is 6.86. The zero-order valence-corrected chi connectivity index (χ0v) is 16.6. The second-order valence-electron chi connectivity index (χ2n) is 7.45. The zero-order chi connectivity index (χ0) is 20.4. The average Bonchev–Trinajstić information content (AvgIpc) is 3.28. The fourth-order valence-electron chi connectivity index (χ4n) is 3.98. The van der Waals surface area contributed by atoms with E-state index in [0.29, 0.717) is 30.4 Å². The van der Waals surface area contributed by atoms with E-state index in [1.165, 1.54) is 6.20 Å². The van der Waals surface area contributed by atoms with Crippen LogP contribution < -0.4 is 15.5 Å². The van der Waals surface area contributed by atoms with E-state index < -0.39 is 5.97 Å². The molecule has 1 amide bonds. The van der Waals surface area contributed by atoms with Crippen LogP contribution in [-0.4, -0.2) is 57.9 Å². The lowest BCUT2D eigenvalue weighted by molar-refractivity contribution is -0.128. The molecule has 2 aromatic rings. The summed E-state index contributed by atoms with van der Waals surface area (Å²) in [5, 5.41) is 10.2. The number of aryl methyl sites for hydroxylation is 1. The lowest BCUT2D eigenvalue weighted by Crippen LogP contribution is -2.44. The lowest BCUT2D eigenvalue weighted by Gasteiger charge is -2.38. The van der Waals surface area contributed by atoms with Crippen LogP contribution in [0.1, 0.15) is 36.5 Å². The Morgan fingerprint density at radius 1 is 1.31 bits per heavy atom. The van der Waals surface area contributed by atoms with Crippen molar-refractivity contribution in [2.45, 2.75) is 26.2 Å². The standard InChI is InChI=1S/C19H25N7O3/c1-3-29-16(27)14-11-21-18(23-13-10-22-25(2)12-13)24-15(14)26-8-5-19(6-9-26)4-7-20-17(19)28/h10-12H,3-9H2,1-2H3,(H,20,28)(H,21,23,24). The maximum Gasteiger partial charge on any atom is 0.343 e. The Morgan fingerprint density at radius 2 is 2.10 bits per heavy atom. The minimum Gasteiger partial charge on any atom is -0.462 e. The number of carbonyl (C=O) groups is 2. The van der Waals surface area contributed by atoms with Gasteiger partial charge >= 0.3 is 5.97 Å². The van der Waals surface area contributed by atoms with E-state index in [1.807, 2.05) is 18.1 Å². The highest BCUT2D eigenvalue weighted by atomic mass is 16.5. The number of hydrogen-bond donors (Lipinski definition) is 2. The quantitative estimate of drug-likeness (QED) is 0.722. The molecule has 0 saturated carbocycles. The third-order valence-corrected chi connectivity index (χ3v) is 5.62. The van der Waals surface area contributed by atoms with Crippen LogP contribution in [-0.2, 0) is 16.6 Å². The molecule has 2 saturated heterocycles. The van der Waals surface area contributed by atoms with Gasteiger partial charge in [-0.2, -0.15) is 10.1 Å². The normalized spacial score (nSPS) is 18.0. The SMILES string of the molecule is CCOC(=O)c1cnc(Nc2cnn(C)c2)nc1N1CCC2(CCNC2=O)CC1. The number of hydrogen-bond acceptors (Lipinski definition) is 8. The van der Waals surface area contributed by atoms with E-state index in [-0.39, 0.29) is 17.9 Å². The van der Waals surface area contributed by atoms with Crippen LogP contribution in [0.5, 0.6) is 0 Å².